The van der Waals surface area contributed by atoms with E-state index < -0.39 is 0 Å². The monoisotopic (exact) mass is 359 g/mol. The van der Waals surface area contributed by atoms with E-state index in [2.05, 4.69) is 34.4 Å². The first kappa shape index (κ1) is 17.7. The summed E-state index contributed by atoms with van der Waals surface area (Å²) in [6.45, 7) is 8.50. The highest BCUT2D eigenvalue weighted by atomic mass is 79.9. The van der Waals surface area contributed by atoms with E-state index in [1.54, 1.807) is 12.2 Å². The van der Waals surface area contributed by atoms with Gasteiger partial charge in [-0.05, 0) is 17.7 Å². The van der Waals surface area contributed by atoms with Crippen LogP contribution in [0.1, 0.15) is 5.56 Å². The fraction of sp³-hybridized carbons (Fsp3) is 0.176. The number of hydrogen-bond acceptors (Lipinski definition) is 3. The van der Waals surface area contributed by atoms with Gasteiger partial charge in [-0.25, -0.2) is 0 Å². The highest BCUT2D eigenvalue weighted by Crippen LogP contribution is 2.10. The van der Waals surface area contributed by atoms with Gasteiger partial charge in [0.1, 0.15) is 11.6 Å². The quantitative estimate of drug-likeness (QED) is 0.440. The topological polar surface area (TPSA) is 56.1 Å². The van der Waals surface area contributed by atoms with Gasteiger partial charge < -0.3 is 10.2 Å². The molecule has 0 saturated heterocycles. The standard InChI is InChI=1S/C17H18BrN3O/c1-3-9-21(10-4-2)17(22)15(11-19)13-20-12-14-5-7-16(18)8-6-14/h3-8,13,20H,1-2,9-10,12H2/b15-13-. The zero-order valence-corrected chi connectivity index (χ0v) is 13.8. The normalized spacial score (nSPS) is 10.5. The Kier molecular flexibility index (Phi) is 7.73. The molecule has 0 heterocycles. The molecule has 4 nitrogen and oxygen atoms in total. The molecule has 0 fully saturated rings. The highest BCUT2D eigenvalue weighted by Gasteiger charge is 2.15. The van der Waals surface area contributed by atoms with E-state index in [4.69, 9.17) is 5.26 Å². The first-order valence-electron chi connectivity index (χ1n) is 6.71. The van der Waals surface area contributed by atoms with E-state index >= 15 is 0 Å². The molecule has 0 aliphatic heterocycles. The number of amides is 1. The molecule has 1 amide bonds. The summed E-state index contributed by atoms with van der Waals surface area (Å²) >= 11 is 3.37. The minimum Gasteiger partial charge on any atom is -0.386 e. The van der Waals surface area contributed by atoms with Crippen LogP contribution in [-0.2, 0) is 11.3 Å². The molecule has 0 aliphatic rings. The number of carbonyl (C=O) groups excluding carboxylic acids is 1. The fourth-order valence-electron chi connectivity index (χ4n) is 1.74. The molecule has 0 spiro atoms. The lowest BCUT2D eigenvalue weighted by Gasteiger charge is -2.18. The molecule has 0 saturated carbocycles. The zero-order chi connectivity index (χ0) is 16.4. The van der Waals surface area contributed by atoms with Gasteiger partial charge >= 0.3 is 0 Å². The second-order valence-electron chi connectivity index (χ2n) is 4.46. The Morgan fingerprint density at radius 1 is 1.27 bits per heavy atom. The van der Waals surface area contributed by atoms with E-state index in [-0.39, 0.29) is 11.5 Å². The average Bonchev–Trinajstić information content (AvgIpc) is 2.52. The van der Waals surface area contributed by atoms with E-state index in [1.807, 2.05) is 30.3 Å². The number of nitriles is 1. The maximum Gasteiger partial charge on any atom is 0.266 e. The number of nitrogens with zero attached hydrogens (tertiary/aromatic N) is 2. The smallest absolute Gasteiger partial charge is 0.266 e. The summed E-state index contributed by atoms with van der Waals surface area (Å²) < 4.78 is 1.00. The lowest BCUT2D eigenvalue weighted by molar-refractivity contribution is -0.125. The Morgan fingerprint density at radius 2 is 1.86 bits per heavy atom. The molecule has 0 aromatic heterocycles. The number of rotatable bonds is 8. The van der Waals surface area contributed by atoms with Crippen molar-refractivity contribution in [1.82, 2.24) is 10.2 Å². The lowest BCUT2D eigenvalue weighted by atomic mass is 10.2. The summed E-state index contributed by atoms with van der Waals surface area (Å²) in [5.74, 6) is -0.342. The van der Waals surface area contributed by atoms with Crippen LogP contribution in [0.5, 0.6) is 0 Å². The first-order valence-corrected chi connectivity index (χ1v) is 7.50. The second-order valence-corrected chi connectivity index (χ2v) is 5.38. The molecule has 0 radical (unpaired) electrons. The van der Waals surface area contributed by atoms with Crippen LogP contribution in [-0.4, -0.2) is 23.9 Å². The Bertz CT molecular complexity index is 589. The van der Waals surface area contributed by atoms with Crippen molar-refractivity contribution in [1.29, 1.82) is 5.26 Å². The predicted molar refractivity (Wildman–Crippen MR) is 91.7 cm³/mol. The van der Waals surface area contributed by atoms with E-state index in [9.17, 15) is 4.79 Å². The number of benzene rings is 1. The van der Waals surface area contributed by atoms with Crippen molar-refractivity contribution < 1.29 is 4.79 Å². The van der Waals surface area contributed by atoms with Crippen molar-refractivity contribution in [3.63, 3.8) is 0 Å². The van der Waals surface area contributed by atoms with Crippen LogP contribution in [0.2, 0.25) is 0 Å². The number of carbonyl (C=O) groups is 1. The van der Waals surface area contributed by atoms with Crippen molar-refractivity contribution in [2.24, 2.45) is 0 Å². The molecule has 1 aromatic carbocycles. The Hall–Kier alpha value is -2.32. The number of nitrogens with one attached hydrogen (secondary N) is 1. The Labute approximate surface area is 139 Å². The van der Waals surface area contributed by atoms with Gasteiger partial charge in [-0.2, -0.15) is 5.26 Å². The lowest BCUT2D eigenvalue weighted by Crippen LogP contribution is -2.32. The molecule has 0 aliphatic carbocycles. The summed E-state index contributed by atoms with van der Waals surface area (Å²) in [6.07, 6.45) is 4.68. The van der Waals surface area contributed by atoms with Crippen LogP contribution in [0.3, 0.4) is 0 Å². The first-order chi connectivity index (χ1) is 10.6. The van der Waals surface area contributed by atoms with Gasteiger partial charge in [0.05, 0.1) is 0 Å². The van der Waals surface area contributed by atoms with Crippen LogP contribution in [0.25, 0.3) is 0 Å². The molecular weight excluding hydrogens is 342 g/mol. The molecule has 0 atom stereocenters. The molecule has 1 rings (SSSR count). The maximum absolute atomic E-state index is 12.2. The van der Waals surface area contributed by atoms with Gasteiger partial charge in [0.15, 0.2) is 0 Å². The van der Waals surface area contributed by atoms with Crippen LogP contribution < -0.4 is 5.32 Å². The van der Waals surface area contributed by atoms with Gasteiger partial charge in [0.2, 0.25) is 0 Å². The summed E-state index contributed by atoms with van der Waals surface area (Å²) in [7, 11) is 0. The average molecular weight is 360 g/mol. The van der Waals surface area contributed by atoms with Crippen LogP contribution in [0.15, 0.2) is 65.8 Å². The number of halogens is 1. The van der Waals surface area contributed by atoms with Crippen molar-refractivity contribution in [2.45, 2.75) is 6.54 Å². The second kappa shape index (κ2) is 9.59. The van der Waals surface area contributed by atoms with Gasteiger partial charge in [0.25, 0.3) is 5.91 Å². The Balaban J connectivity index is 2.70. The van der Waals surface area contributed by atoms with E-state index in [0.717, 1.165) is 10.0 Å². The summed E-state index contributed by atoms with van der Waals surface area (Å²) in [5, 5.41) is 12.1. The SMILES string of the molecule is C=CCN(CC=C)C(=O)/C(C#N)=C\NCc1ccc(Br)cc1. The van der Waals surface area contributed by atoms with Gasteiger partial charge in [-0.3, -0.25) is 4.79 Å². The van der Waals surface area contributed by atoms with Crippen LogP contribution in [0, 0.1) is 11.3 Å². The van der Waals surface area contributed by atoms with Gasteiger partial charge in [0, 0.05) is 30.3 Å². The fourth-order valence-corrected chi connectivity index (χ4v) is 2.00. The molecule has 22 heavy (non-hydrogen) atoms. The maximum atomic E-state index is 12.2. The third-order valence-corrected chi connectivity index (χ3v) is 3.33. The largest absolute Gasteiger partial charge is 0.386 e. The van der Waals surface area contributed by atoms with Crippen LogP contribution in [0.4, 0.5) is 0 Å². The molecule has 1 aromatic rings. The minimum absolute atomic E-state index is 0.0563. The minimum atomic E-state index is -0.342. The number of hydrogen-bond donors (Lipinski definition) is 1. The summed E-state index contributed by atoms with van der Waals surface area (Å²) in [5.41, 5.74) is 1.11. The van der Waals surface area contributed by atoms with Gasteiger partial charge in [-0.1, -0.05) is 40.2 Å². The van der Waals surface area contributed by atoms with Gasteiger partial charge in [-0.15, -0.1) is 13.2 Å². The third kappa shape index (κ3) is 5.58. The molecule has 0 bridgehead atoms. The van der Waals surface area contributed by atoms with E-state index in [0.29, 0.717) is 19.6 Å². The van der Waals surface area contributed by atoms with E-state index in [1.165, 1.54) is 11.1 Å². The molecule has 1 N–H and O–H groups in total. The van der Waals surface area contributed by atoms with Crippen molar-refractivity contribution in [2.75, 3.05) is 13.1 Å². The van der Waals surface area contributed by atoms with Crippen molar-refractivity contribution >= 4 is 21.8 Å². The van der Waals surface area contributed by atoms with Crippen molar-refractivity contribution in [3.05, 3.63) is 71.4 Å². The van der Waals surface area contributed by atoms with Crippen molar-refractivity contribution in [3.8, 4) is 6.07 Å². The predicted octanol–water partition coefficient (Wildman–Crippen LogP) is 3.15. The molecule has 114 valence electrons. The van der Waals surface area contributed by atoms with Crippen LogP contribution >= 0.6 is 15.9 Å². The third-order valence-electron chi connectivity index (χ3n) is 2.80. The summed E-state index contributed by atoms with van der Waals surface area (Å²) in [6, 6.07) is 9.72. The molecule has 5 heteroatoms. The molecule has 0 unspecified atom stereocenters. The molecular formula is C17H18BrN3O. The highest BCUT2D eigenvalue weighted by molar-refractivity contribution is 9.10. The zero-order valence-electron chi connectivity index (χ0n) is 12.3. The Morgan fingerprint density at radius 3 is 2.36 bits per heavy atom. The summed E-state index contributed by atoms with van der Waals surface area (Å²) in [4.78, 5) is 13.7.